The summed E-state index contributed by atoms with van der Waals surface area (Å²) in [6.07, 6.45) is 3.46. The van der Waals surface area contributed by atoms with Crippen molar-refractivity contribution in [3.63, 3.8) is 0 Å². The molecule has 1 heteroatoms. The Bertz CT molecular complexity index is 315. The summed E-state index contributed by atoms with van der Waals surface area (Å²) in [5.41, 5.74) is 4.26. The van der Waals surface area contributed by atoms with E-state index in [1.165, 1.54) is 29.5 Å². The van der Waals surface area contributed by atoms with Crippen LogP contribution in [-0.4, -0.2) is 6.61 Å². The van der Waals surface area contributed by atoms with Crippen molar-refractivity contribution in [3.8, 4) is 5.75 Å². The molecular weight excluding hydrogens is 160 g/mol. The zero-order valence-corrected chi connectivity index (χ0v) is 8.39. The molecule has 1 nitrogen and oxygen atoms in total. The highest BCUT2D eigenvalue weighted by Gasteiger charge is 2.13. The topological polar surface area (TPSA) is 9.23 Å². The van der Waals surface area contributed by atoms with Crippen LogP contribution in [0.1, 0.15) is 30.0 Å². The molecule has 0 N–H and O–H groups in total. The number of ether oxygens (including phenoxy) is 1. The zero-order valence-electron chi connectivity index (χ0n) is 8.39. The van der Waals surface area contributed by atoms with E-state index < -0.39 is 0 Å². The summed E-state index contributed by atoms with van der Waals surface area (Å²) in [4.78, 5) is 0. The van der Waals surface area contributed by atoms with Crippen molar-refractivity contribution in [2.75, 3.05) is 6.61 Å². The Hall–Kier alpha value is -0.980. The lowest BCUT2D eigenvalue weighted by Crippen LogP contribution is -1.90. The van der Waals surface area contributed by atoms with Gasteiger partial charge in [0, 0.05) is 6.42 Å². The highest BCUT2D eigenvalue weighted by atomic mass is 16.5. The standard InChI is InChI=1S/C12H16O/c1-3-4-10-8-12-11(5-6-13-12)7-9(10)2/h7-8H,3-6H2,1-2H3. The van der Waals surface area contributed by atoms with Gasteiger partial charge in [0.05, 0.1) is 6.61 Å². The minimum atomic E-state index is 0.865. The minimum Gasteiger partial charge on any atom is -0.493 e. The van der Waals surface area contributed by atoms with Crippen LogP contribution >= 0.6 is 0 Å². The van der Waals surface area contributed by atoms with Gasteiger partial charge in [-0.2, -0.15) is 0 Å². The van der Waals surface area contributed by atoms with E-state index in [1.54, 1.807) is 0 Å². The fraction of sp³-hybridized carbons (Fsp3) is 0.500. The summed E-state index contributed by atoms with van der Waals surface area (Å²) >= 11 is 0. The molecule has 0 bridgehead atoms. The zero-order chi connectivity index (χ0) is 9.26. The third-order valence-electron chi connectivity index (χ3n) is 2.67. The van der Waals surface area contributed by atoms with Gasteiger partial charge in [-0.05, 0) is 36.1 Å². The molecule has 1 aromatic carbocycles. The quantitative estimate of drug-likeness (QED) is 0.673. The monoisotopic (exact) mass is 176 g/mol. The molecule has 0 aromatic heterocycles. The third kappa shape index (κ3) is 1.55. The van der Waals surface area contributed by atoms with Crippen LogP contribution in [0.15, 0.2) is 12.1 Å². The molecular formula is C12H16O. The van der Waals surface area contributed by atoms with Crippen molar-refractivity contribution < 1.29 is 4.74 Å². The van der Waals surface area contributed by atoms with Crippen LogP contribution in [0.4, 0.5) is 0 Å². The highest BCUT2D eigenvalue weighted by Crippen LogP contribution is 2.28. The Morgan fingerprint density at radius 3 is 3.00 bits per heavy atom. The molecule has 1 aliphatic rings. The lowest BCUT2D eigenvalue weighted by molar-refractivity contribution is 0.356. The Morgan fingerprint density at radius 2 is 2.23 bits per heavy atom. The largest absolute Gasteiger partial charge is 0.493 e. The molecule has 0 saturated heterocycles. The van der Waals surface area contributed by atoms with Gasteiger partial charge >= 0.3 is 0 Å². The second-order valence-corrected chi connectivity index (χ2v) is 3.73. The minimum absolute atomic E-state index is 0.865. The van der Waals surface area contributed by atoms with Crippen molar-refractivity contribution in [1.82, 2.24) is 0 Å². The first-order chi connectivity index (χ1) is 6.31. The van der Waals surface area contributed by atoms with Crippen LogP contribution in [0.3, 0.4) is 0 Å². The van der Waals surface area contributed by atoms with E-state index in [-0.39, 0.29) is 0 Å². The molecule has 70 valence electrons. The van der Waals surface area contributed by atoms with Crippen LogP contribution in [0.5, 0.6) is 5.75 Å². The normalized spacial score (nSPS) is 14.0. The second-order valence-electron chi connectivity index (χ2n) is 3.73. The van der Waals surface area contributed by atoms with Gasteiger partial charge in [-0.3, -0.25) is 0 Å². The van der Waals surface area contributed by atoms with Crippen LogP contribution < -0.4 is 4.74 Å². The van der Waals surface area contributed by atoms with Gasteiger partial charge in [0.25, 0.3) is 0 Å². The summed E-state index contributed by atoms with van der Waals surface area (Å²) in [5.74, 6) is 1.12. The first-order valence-electron chi connectivity index (χ1n) is 5.06. The van der Waals surface area contributed by atoms with E-state index in [0.717, 1.165) is 18.8 Å². The molecule has 0 atom stereocenters. The number of benzene rings is 1. The Balaban J connectivity index is 2.37. The van der Waals surface area contributed by atoms with Crippen molar-refractivity contribution in [1.29, 1.82) is 0 Å². The van der Waals surface area contributed by atoms with Crippen LogP contribution in [0, 0.1) is 6.92 Å². The van der Waals surface area contributed by atoms with Gasteiger partial charge in [0.2, 0.25) is 0 Å². The molecule has 0 fully saturated rings. The summed E-state index contributed by atoms with van der Waals surface area (Å²) in [6.45, 7) is 5.28. The van der Waals surface area contributed by atoms with E-state index in [0.29, 0.717) is 0 Å². The van der Waals surface area contributed by atoms with Crippen molar-refractivity contribution in [2.24, 2.45) is 0 Å². The fourth-order valence-electron chi connectivity index (χ4n) is 1.93. The maximum Gasteiger partial charge on any atom is 0.122 e. The maximum absolute atomic E-state index is 5.54. The number of fused-ring (bicyclic) bond motifs is 1. The molecule has 1 heterocycles. The molecule has 13 heavy (non-hydrogen) atoms. The van der Waals surface area contributed by atoms with Crippen molar-refractivity contribution in [3.05, 3.63) is 28.8 Å². The summed E-state index contributed by atoms with van der Waals surface area (Å²) in [5, 5.41) is 0. The number of hydrogen-bond donors (Lipinski definition) is 0. The van der Waals surface area contributed by atoms with Crippen LogP contribution in [-0.2, 0) is 12.8 Å². The predicted molar refractivity (Wildman–Crippen MR) is 54.4 cm³/mol. The number of hydrogen-bond acceptors (Lipinski definition) is 1. The van der Waals surface area contributed by atoms with E-state index in [4.69, 9.17) is 4.74 Å². The molecule has 2 rings (SSSR count). The Kier molecular flexibility index (Phi) is 2.26. The molecule has 1 aromatic rings. The van der Waals surface area contributed by atoms with Gasteiger partial charge in [-0.25, -0.2) is 0 Å². The fourth-order valence-corrected chi connectivity index (χ4v) is 1.93. The molecule has 1 aliphatic heterocycles. The smallest absolute Gasteiger partial charge is 0.122 e. The lowest BCUT2D eigenvalue weighted by atomic mass is 10.0. The molecule has 0 amide bonds. The molecule has 0 saturated carbocycles. The molecule has 0 radical (unpaired) electrons. The Morgan fingerprint density at radius 1 is 1.38 bits per heavy atom. The van der Waals surface area contributed by atoms with E-state index in [9.17, 15) is 0 Å². The number of aryl methyl sites for hydroxylation is 2. The first-order valence-corrected chi connectivity index (χ1v) is 5.06. The molecule has 0 spiro atoms. The van der Waals surface area contributed by atoms with Gasteiger partial charge in [-0.1, -0.05) is 19.4 Å². The van der Waals surface area contributed by atoms with Gasteiger partial charge in [0.15, 0.2) is 0 Å². The average Bonchev–Trinajstić information content (AvgIpc) is 2.52. The molecule has 0 unspecified atom stereocenters. The highest BCUT2D eigenvalue weighted by molar-refractivity contribution is 5.44. The van der Waals surface area contributed by atoms with Crippen LogP contribution in [0.2, 0.25) is 0 Å². The summed E-state index contributed by atoms with van der Waals surface area (Å²) in [7, 11) is 0. The lowest BCUT2D eigenvalue weighted by Gasteiger charge is -2.07. The van der Waals surface area contributed by atoms with Gasteiger partial charge in [-0.15, -0.1) is 0 Å². The van der Waals surface area contributed by atoms with Gasteiger partial charge < -0.3 is 4.74 Å². The van der Waals surface area contributed by atoms with E-state index >= 15 is 0 Å². The predicted octanol–water partition coefficient (Wildman–Crippen LogP) is 2.88. The summed E-state index contributed by atoms with van der Waals surface area (Å²) < 4.78 is 5.54. The third-order valence-corrected chi connectivity index (χ3v) is 2.67. The van der Waals surface area contributed by atoms with Crippen molar-refractivity contribution >= 4 is 0 Å². The average molecular weight is 176 g/mol. The second kappa shape index (κ2) is 3.41. The maximum atomic E-state index is 5.54. The SMILES string of the molecule is CCCc1cc2c(cc1C)CCO2. The van der Waals surface area contributed by atoms with Crippen LogP contribution in [0.25, 0.3) is 0 Å². The first kappa shape index (κ1) is 8.61. The molecule has 0 aliphatic carbocycles. The number of rotatable bonds is 2. The van der Waals surface area contributed by atoms with Crippen molar-refractivity contribution in [2.45, 2.75) is 33.1 Å². The van der Waals surface area contributed by atoms with E-state index in [1.807, 2.05) is 0 Å². The summed E-state index contributed by atoms with van der Waals surface area (Å²) in [6, 6.07) is 4.51. The van der Waals surface area contributed by atoms with E-state index in [2.05, 4.69) is 26.0 Å². The van der Waals surface area contributed by atoms with Gasteiger partial charge in [0.1, 0.15) is 5.75 Å². The Labute approximate surface area is 79.7 Å².